The van der Waals surface area contributed by atoms with Gasteiger partial charge in [-0.05, 0) is 24.6 Å². The van der Waals surface area contributed by atoms with Gasteiger partial charge in [0.05, 0.1) is 16.4 Å². The molecule has 0 fully saturated rings. The Bertz CT molecular complexity index is 535. The Hall–Kier alpha value is -0.640. The molecule has 0 aliphatic rings. The molecule has 1 heterocycles. The lowest BCUT2D eigenvalue weighted by Gasteiger charge is -2.04. The largest absolute Gasteiger partial charge is 0.270 e. The molecule has 0 spiro atoms. The number of hydrogen-bond donors (Lipinski definition) is 0. The third-order valence-corrected chi connectivity index (χ3v) is 4.54. The summed E-state index contributed by atoms with van der Waals surface area (Å²) in [5.74, 6) is 1.37. The van der Waals surface area contributed by atoms with Gasteiger partial charge in [-0.25, -0.2) is 0 Å². The minimum Gasteiger partial charge on any atom is -0.270 e. The molecule has 1 aromatic heterocycles. The first-order valence-electron chi connectivity index (χ1n) is 5.57. The van der Waals surface area contributed by atoms with Crippen LogP contribution in [0, 0.1) is 6.92 Å². The van der Waals surface area contributed by atoms with Crippen LogP contribution in [0.4, 0.5) is 0 Å². The lowest BCUT2D eigenvalue weighted by atomic mass is 10.2. The van der Waals surface area contributed by atoms with Crippen LogP contribution in [-0.2, 0) is 18.7 Å². The van der Waals surface area contributed by atoms with Crippen molar-refractivity contribution in [3.05, 3.63) is 46.2 Å². The van der Waals surface area contributed by atoms with Crippen molar-refractivity contribution in [2.45, 2.75) is 23.5 Å². The Morgan fingerprint density at radius 2 is 1.94 bits per heavy atom. The van der Waals surface area contributed by atoms with Gasteiger partial charge >= 0.3 is 0 Å². The average Bonchev–Trinajstić information content (AvgIpc) is 2.62. The summed E-state index contributed by atoms with van der Waals surface area (Å²) in [6.07, 6.45) is 0. The van der Waals surface area contributed by atoms with E-state index in [4.69, 9.17) is 23.2 Å². The highest BCUT2D eigenvalue weighted by Crippen LogP contribution is 2.28. The predicted octanol–water partition coefficient (Wildman–Crippen LogP) is 4.41. The molecule has 0 unspecified atom stereocenters. The van der Waals surface area contributed by atoms with Crippen molar-refractivity contribution < 1.29 is 0 Å². The Labute approximate surface area is 121 Å². The van der Waals surface area contributed by atoms with E-state index in [1.165, 1.54) is 4.90 Å². The number of aryl methyl sites for hydroxylation is 2. The van der Waals surface area contributed by atoms with Gasteiger partial charge in [-0.1, -0.05) is 23.7 Å². The van der Waals surface area contributed by atoms with Crippen molar-refractivity contribution in [1.29, 1.82) is 0 Å². The first kappa shape index (κ1) is 13.8. The second-order valence-corrected chi connectivity index (χ2v) is 5.73. The van der Waals surface area contributed by atoms with Gasteiger partial charge in [-0.15, -0.1) is 23.4 Å². The van der Waals surface area contributed by atoms with Crippen molar-refractivity contribution in [2.24, 2.45) is 7.05 Å². The minimum absolute atomic E-state index is 0.553. The fourth-order valence-electron chi connectivity index (χ4n) is 1.66. The number of hydrogen-bond acceptors (Lipinski definition) is 2. The summed E-state index contributed by atoms with van der Waals surface area (Å²) < 4.78 is 1.85. The number of aromatic nitrogens is 2. The molecular formula is C13H14Cl2N2S. The fraction of sp³-hybridized carbons (Fsp3) is 0.308. The number of halogens is 2. The Morgan fingerprint density at radius 3 is 2.44 bits per heavy atom. The zero-order chi connectivity index (χ0) is 13.1. The molecule has 0 atom stereocenters. The maximum atomic E-state index is 6.21. The van der Waals surface area contributed by atoms with E-state index in [0.717, 1.165) is 27.7 Å². The minimum atomic E-state index is 0.553. The van der Waals surface area contributed by atoms with Gasteiger partial charge in [-0.3, -0.25) is 4.68 Å². The molecule has 0 aliphatic heterocycles. The third-order valence-electron chi connectivity index (χ3n) is 2.71. The van der Waals surface area contributed by atoms with Crippen LogP contribution in [0.5, 0.6) is 0 Å². The van der Waals surface area contributed by atoms with E-state index in [0.29, 0.717) is 5.88 Å². The van der Waals surface area contributed by atoms with E-state index in [2.05, 4.69) is 17.2 Å². The molecular weight excluding hydrogens is 287 g/mol. The summed E-state index contributed by atoms with van der Waals surface area (Å²) in [5, 5.41) is 5.07. The molecule has 2 aromatic rings. The average molecular weight is 301 g/mol. The van der Waals surface area contributed by atoms with Gasteiger partial charge < -0.3 is 0 Å². The number of benzene rings is 1. The Kier molecular flexibility index (Phi) is 4.60. The zero-order valence-corrected chi connectivity index (χ0v) is 12.6. The normalized spacial score (nSPS) is 10.9. The van der Waals surface area contributed by atoms with E-state index < -0.39 is 0 Å². The van der Waals surface area contributed by atoms with Crippen LogP contribution in [0.1, 0.15) is 17.0 Å². The summed E-state index contributed by atoms with van der Waals surface area (Å²) in [6, 6.07) is 8.26. The highest BCUT2D eigenvalue weighted by atomic mass is 35.5. The van der Waals surface area contributed by atoms with Crippen molar-refractivity contribution in [3.63, 3.8) is 0 Å². The van der Waals surface area contributed by atoms with Crippen LogP contribution in [0.2, 0.25) is 5.02 Å². The Balaban J connectivity index is 2.06. The molecule has 0 saturated carbocycles. The summed E-state index contributed by atoms with van der Waals surface area (Å²) >= 11 is 13.7. The molecule has 1 aromatic carbocycles. The van der Waals surface area contributed by atoms with E-state index in [1.807, 2.05) is 30.8 Å². The predicted molar refractivity (Wildman–Crippen MR) is 78.5 cm³/mol. The summed E-state index contributed by atoms with van der Waals surface area (Å²) in [7, 11) is 1.92. The van der Waals surface area contributed by atoms with Crippen LogP contribution < -0.4 is 0 Å². The molecule has 0 aliphatic carbocycles. The molecule has 0 N–H and O–H groups in total. The topological polar surface area (TPSA) is 17.8 Å². The highest BCUT2D eigenvalue weighted by Gasteiger charge is 2.11. The van der Waals surface area contributed by atoms with E-state index in [-0.39, 0.29) is 0 Å². The van der Waals surface area contributed by atoms with Crippen molar-refractivity contribution in [1.82, 2.24) is 9.78 Å². The molecule has 0 saturated heterocycles. The van der Waals surface area contributed by atoms with Gasteiger partial charge in [0.1, 0.15) is 0 Å². The summed E-state index contributed by atoms with van der Waals surface area (Å²) in [4.78, 5) is 1.21. The smallest absolute Gasteiger partial charge is 0.0855 e. The highest BCUT2D eigenvalue weighted by molar-refractivity contribution is 7.98. The quantitative estimate of drug-likeness (QED) is 0.615. The molecule has 5 heteroatoms. The number of rotatable bonds is 4. The summed E-state index contributed by atoms with van der Waals surface area (Å²) in [5.41, 5.74) is 3.07. The first-order chi connectivity index (χ1) is 8.61. The standard InChI is InChI=1S/C13H14Cl2N2S/c1-9-13(15)12(17(2)16-9)8-18-11-5-3-10(7-14)4-6-11/h3-6H,7-8H2,1-2H3. The van der Waals surface area contributed by atoms with Crippen LogP contribution in [-0.4, -0.2) is 9.78 Å². The second-order valence-electron chi connectivity index (χ2n) is 4.04. The molecule has 0 radical (unpaired) electrons. The van der Waals surface area contributed by atoms with Crippen molar-refractivity contribution in [2.75, 3.05) is 0 Å². The SMILES string of the molecule is Cc1nn(C)c(CSc2ccc(CCl)cc2)c1Cl. The van der Waals surface area contributed by atoms with Crippen LogP contribution in [0.15, 0.2) is 29.2 Å². The number of nitrogens with zero attached hydrogens (tertiary/aromatic N) is 2. The maximum Gasteiger partial charge on any atom is 0.0855 e. The van der Waals surface area contributed by atoms with Gasteiger partial charge in [0.25, 0.3) is 0 Å². The van der Waals surface area contributed by atoms with E-state index in [1.54, 1.807) is 11.8 Å². The lowest BCUT2D eigenvalue weighted by Crippen LogP contribution is -1.96. The molecule has 0 amide bonds. The van der Waals surface area contributed by atoms with Crippen LogP contribution >= 0.6 is 35.0 Å². The number of thioether (sulfide) groups is 1. The van der Waals surface area contributed by atoms with Crippen molar-refractivity contribution in [3.8, 4) is 0 Å². The lowest BCUT2D eigenvalue weighted by molar-refractivity contribution is 0.727. The van der Waals surface area contributed by atoms with E-state index in [9.17, 15) is 0 Å². The van der Waals surface area contributed by atoms with Gasteiger partial charge in [0, 0.05) is 23.6 Å². The zero-order valence-electron chi connectivity index (χ0n) is 10.3. The number of alkyl halides is 1. The molecule has 96 valence electrons. The maximum absolute atomic E-state index is 6.21. The Morgan fingerprint density at radius 1 is 1.28 bits per heavy atom. The molecule has 18 heavy (non-hydrogen) atoms. The fourth-order valence-corrected chi connectivity index (χ4v) is 3.11. The summed E-state index contributed by atoms with van der Waals surface area (Å²) in [6.45, 7) is 1.92. The molecule has 0 bridgehead atoms. The molecule has 2 nitrogen and oxygen atoms in total. The van der Waals surface area contributed by atoms with Crippen LogP contribution in [0.3, 0.4) is 0 Å². The first-order valence-corrected chi connectivity index (χ1v) is 7.47. The van der Waals surface area contributed by atoms with E-state index >= 15 is 0 Å². The van der Waals surface area contributed by atoms with Gasteiger partial charge in [0.2, 0.25) is 0 Å². The van der Waals surface area contributed by atoms with Gasteiger partial charge in [0.15, 0.2) is 0 Å². The monoisotopic (exact) mass is 300 g/mol. The van der Waals surface area contributed by atoms with Crippen LogP contribution in [0.25, 0.3) is 0 Å². The second kappa shape index (κ2) is 6.00. The van der Waals surface area contributed by atoms with Crippen molar-refractivity contribution >= 4 is 35.0 Å². The third kappa shape index (κ3) is 3.02. The molecule has 2 rings (SSSR count). The van der Waals surface area contributed by atoms with Gasteiger partial charge in [-0.2, -0.15) is 5.10 Å².